The number of hydrogen-bond acceptors (Lipinski definition) is 10. The summed E-state index contributed by atoms with van der Waals surface area (Å²) in [6.45, 7) is 4.50. The lowest BCUT2D eigenvalue weighted by molar-refractivity contribution is -0.140. The van der Waals surface area contributed by atoms with E-state index in [4.69, 9.17) is 19.6 Å². The standard InChI is InChI=1S/C25H21F3N6O3S/c1-12(30-9-13-10-38-22-20(13)31-11-32-24(22)36-3)19-17(8-29)37-23(34-19)15-4-6-16(35-2)21-14(15)5-7-18(33-21)25(26,27)28/h4-7,10-11,30H,1,8-9,29H2,2-3H3. The van der Waals surface area contributed by atoms with Crippen molar-refractivity contribution in [3.63, 3.8) is 0 Å². The summed E-state index contributed by atoms with van der Waals surface area (Å²) < 4.78 is 57.2. The van der Waals surface area contributed by atoms with Crippen molar-refractivity contribution in [3.05, 3.63) is 65.3 Å². The number of rotatable bonds is 8. The van der Waals surface area contributed by atoms with Crippen LogP contribution in [0.4, 0.5) is 13.2 Å². The fourth-order valence-electron chi connectivity index (χ4n) is 3.98. The highest BCUT2D eigenvalue weighted by atomic mass is 32.1. The topological polar surface area (TPSA) is 121 Å². The van der Waals surface area contributed by atoms with E-state index in [2.05, 4.69) is 31.8 Å². The van der Waals surface area contributed by atoms with E-state index in [1.54, 1.807) is 13.2 Å². The molecule has 3 N–H and O–H groups in total. The van der Waals surface area contributed by atoms with Gasteiger partial charge in [-0.2, -0.15) is 13.2 Å². The lowest BCUT2D eigenvalue weighted by Crippen LogP contribution is -2.13. The predicted octanol–water partition coefficient (Wildman–Crippen LogP) is 5.15. The summed E-state index contributed by atoms with van der Waals surface area (Å²) in [6, 6.07) is 5.39. The van der Waals surface area contributed by atoms with Crippen LogP contribution >= 0.6 is 11.3 Å². The molecule has 0 saturated carbocycles. The molecule has 0 fully saturated rings. The number of pyridine rings is 1. The van der Waals surface area contributed by atoms with Crippen LogP contribution in [0.5, 0.6) is 11.6 Å². The molecular formula is C25H21F3N6O3S. The number of alkyl halides is 3. The lowest BCUT2D eigenvalue weighted by Gasteiger charge is -2.11. The molecule has 0 unspecified atom stereocenters. The average Bonchev–Trinajstić information content (AvgIpc) is 3.54. The largest absolute Gasteiger partial charge is 0.494 e. The summed E-state index contributed by atoms with van der Waals surface area (Å²) in [5.41, 5.74) is 7.88. The van der Waals surface area contributed by atoms with Gasteiger partial charge >= 0.3 is 6.18 Å². The molecule has 5 rings (SSSR count). The second kappa shape index (κ2) is 9.91. The zero-order chi connectivity index (χ0) is 27.0. The van der Waals surface area contributed by atoms with Gasteiger partial charge in [-0.3, -0.25) is 0 Å². The van der Waals surface area contributed by atoms with E-state index in [0.717, 1.165) is 21.8 Å². The first kappa shape index (κ1) is 25.4. The normalized spacial score (nSPS) is 11.7. The molecule has 4 aromatic heterocycles. The van der Waals surface area contributed by atoms with Crippen LogP contribution in [0.25, 0.3) is 38.3 Å². The van der Waals surface area contributed by atoms with Crippen LogP contribution in [0.15, 0.2) is 47.0 Å². The number of nitrogens with zero attached hydrogens (tertiary/aromatic N) is 4. The number of nitrogens with two attached hydrogens (primary N) is 1. The molecule has 196 valence electrons. The first-order valence-corrected chi connectivity index (χ1v) is 12.1. The average molecular weight is 543 g/mol. The number of hydrogen-bond donors (Lipinski definition) is 2. The lowest BCUT2D eigenvalue weighted by atomic mass is 10.1. The number of methoxy groups -OCH3 is 2. The van der Waals surface area contributed by atoms with Crippen LogP contribution in [-0.4, -0.2) is 34.2 Å². The molecule has 0 amide bonds. The van der Waals surface area contributed by atoms with Gasteiger partial charge < -0.3 is 24.9 Å². The quantitative estimate of drug-likeness (QED) is 0.274. The van der Waals surface area contributed by atoms with Gasteiger partial charge in [0.15, 0.2) is 0 Å². The zero-order valence-electron chi connectivity index (χ0n) is 20.2. The Hall–Kier alpha value is -4.23. The number of aromatic nitrogens is 4. The van der Waals surface area contributed by atoms with E-state index in [-0.39, 0.29) is 23.7 Å². The maximum Gasteiger partial charge on any atom is 0.433 e. The number of fused-ring (bicyclic) bond motifs is 2. The Morgan fingerprint density at radius 2 is 1.92 bits per heavy atom. The number of nitrogens with one attached hydrogen (secondary N) is 1. The highest BCUT2D eigenvalue weighted by molar-refractivity contribution is 7.17. The van der Waals surface area contributed by atoms with Crippen LogP contribution in [0.2, 0.25) is 0 Å². The maximum atomic E-state index is 13.3. The van der Waals surface area contributed by atoms with Crippen molar-refractivity contribution >= 4 is 38.2 Å². The van der Waals surface area contributed by atoms with Crippen LogP contribution in [0.1, 0.15) is 22.7 Å². The van der Waals surface area contributed by atoms with E-state index in [9.17, 15) is 13.2 Å². The van der Waals surface area contributed by atoms with E-state index in [0.29, 0.717) is 40.5 Å². The summed E-state index contributed by atoms with van der Waals surface area (Å²) >= 11 is 1.47. The molecule has 9 nitrogen and oxygen atoms in total. The van der Waals surface area contributed by atoms with E-state index in [1.165, 1.54) is 36.9 Å². The Balaban J connectivity index is 1.47. The first-order valence-electron chi connectivity index (χ1n) is 11.2. The molecule has 0 bridgehead atoms. The highest BCUT2D eigenvalue weighted by Crippen LogP contribution is 2.37. The van der Waals surface area contributed by atoms with Gasteiger partial charge in [0.05, 0.1) is 32.0 Å². The molecule has 0 spiro atoms. The number of benzene rings is 1. The minimum atomic E-state index is -4.60. The van der Waals surface area contributed by atoms with Crippen LogP contribution in [-0.2, 0) is 19.3 Å². The fourth-order valence-corrected chi connectivity index (χ4v) is 4.96. The van der Waals surface area contributed by atoms with Crippen molar-refractivity contribution in [1.29, 1.82) is 0 Å². The second-order valence-electron chi connectivity index (χ2n) is 8.05. The van der Waals surface area contributed by atoms with Crippen molar-refractivity contribution < 1.29 is 27.1 Å². The molecule has 1 aromatic carbocycles. The Morgan fingerprint density at radius 3 is 2.63 bits per heavy atom. The Kier molecular flexibility index (Phi) is 6.63. The number of oxazole rings is 1. The molecule has 5 aromatic rings. The summed E-state index contributed by atoms with van der Waals surface area (Å²) in [5, 5.41) is 5.56. The molecule has 0 aliphatic heterocycles. The van der Waals surface area contributed by atoms with Crippen molar-refractivity contribution in [3.8, 4) is 23.1 Å². The van der Waals surface area contributed by atoms with Crippen molar-refractivity contribution in [1.82, 2.24) is 25.3 Å². The van der Waals surface area contributed by atoms with E-state index >= 15 is 0 Å². The first-order chi connectivity index (χ1) is 18.2. The Morgan fingerprint density at radius 1 is 1.11 bits per heavy atom. The van der Waals surface area contributed by atoms with Gasteiger partial charge in [0.25, 0.3) is 0 Å². The van der Waals surface area contributed by atoms with Gasteiger partial charge in [-0.15, -0.1) is 11.3 Å². The predicted molar refractivity (Wildman–Crippen MR) is 137 cm³/mol. The third-order valence-corrected chi connectivity index (χ3v) is 6.82. The minimum absolute atomic E-state index is 0.0272. The minimum Gasteiger partial charge on any atom is -0.494 e. The highest BCUT2D eigenvalue weighted by Gasteiger charge is 2.33. The fraction of sp³-hybridized carbons (Fsp3) is 0.200. The summed E-state index contributed by atoms with van der Waals surface area (Å²) in [5.74, 6) is 1.21. The molecule has 0 aliphatic rings. The molecule has 13 heteroatoms. The maximum absolute atomic E-state index is 13.3. The molecule has 0 radical (unpaired) electrons. The van der Waals surface area contributed by atoms with Gasteiger partial charge in [-0.1, -0.05) is 6.58 Å². The third-order valence-electron chi connectivity index (χ3n) is 5.81. The third kappa shape index (κ3) is 4.50. The summed E-state index contributed by atoms with van der Waals surface area (Å²) in [6.07, 6.45) is -3.17. The van der Waals surface area contributed by atoms with Gasteiger partial charge in [-0.05, 0) is 29.6 Å². The zero-order valence-corrected chi connectivity index (χ0v) is 21.0. The number of ether oxygens (including phenoxy) is 2. The smallest absolute Gasteiger partial charge is 0.433 e. The van der Waals surface area contributed by atoms with Gasteiger partial charge in [0, 0.05) is 23.1 Å². The molecule has 0 atom stereocenters. The molecule has 4 heterocycles. The second-order valence-corrected chi connectivity index (χ2v) is 8.93. The van der Waals surface area contributed by atoms with Gasteiger partial charge in [-0.25, -0.2) is 19.9 Å². The van der Waals surface area contributed by atoms with Crippen LogP contribution < -0.4 is 20.5 Å². The Labute approximate surface area is 218 Å². The van der Waals surface area contributed by atoms with Crippen molar-refractivity contribution in [2.45, 2.75) is 19.3 Å². The molecule has 0 saturated heterocycles. The van der Waals surface area contributed by atoms with E-state index < -0.39 is 11.9 Å². The Bertz CT molecular complexity index is 1660. The van der Waals surface area contributed by atoms with Gasteiger partial charge in [0.2, 0.25) is 11.8 Å². The molecule has 0 aliphatic carbocycles. The number of halogens is 3. The van der Waals surface area contributed by atoms with Crippen molar-refractivity contribution in [2.75, 3.05) is 14.2 Å². The van der Waals surface area contributed by atoms with E-state index in [1.807, 2.05) is 5.38 Å². The molecular weight excluding hydrogens is 521 g/mol. The summed E-state index contributed by atoms with van der Waals surface area (Å²) in [7, 11) is 2.91. The van der Waals surface area contributed by atoms with Crippen molar-refractivity contribution in [2.24, 2.45) is 5.73 Å². The SMILES string of the molecule is C=C(NCc1csc2c(OC)ncnc12)c1nc(-c2ccc(OC)c3nc(C(F)(F)F)ccc23)oc1CN. The monoisotopic (exact) mass is 542 g/mol. The van der Waals surface area contributed by atoms with Crippen LogP contribution in [0.3, 0.4) is 0 Å². The van der Waals surface area contributed by atoms with Gasteiger partial charge in [0.1, 0.15) is 39.4 Å². The summed E-state index contributed by atoms with van der Waals surface area (Å²) in [4.78, 5) is 16.8. The van der Waals surface area contributed by atoms with Crippen LogP contribution in [0, 0.1) is 0 Å². The molecule has 38 heavy (non-hydrogen) atoms. The number of thiophene rings is 1.